The van der Waals surface area contributed by atoms with Gasteiger partial charge in [0.25, 0.3) is 0 Å². The molecule has 2 N–H and O–H groups in total. The predicted molar refractivity (Wildman–Crippen MR) is 126 cm³/mol. The molecule has 0 spiro atoms. The number of ether oxygens (including phenoxy) is 2. The van der Waals surface area contributed by atoms with Crippen LogP contribution in [0.15, 0.2) is 53.7 Å². The third-order valence-corrected chi connectivity index (χ3v) is 5.60. The summed E-state index contributed by atoms with van der Waals surface area (Å²) in [6.45, 7) is 3.92. The summed E-state index contributed by atoms with van der Waals surface area (Å²) in [5.74, 6) is 1.55. The maximum atomic E-state index is 12.1. The van der Waals surface area contributed by atoms with Crippen LogP contribution in [0.2, 0.25) is 0 Å². The van der Waals surface area contributed by atoms with Crippen molar-refractivity contribution in [2.75, 3.05) is 20.3 Å². The number of benzene rings is 2. The van der Waals surface area contributed by atoms with Crippen LogP contribution < -0.4 is 15.4 Å². The molecular weight excluding hydrogens is 442 g/mol. The zero-order chi connectivity index (χ0) is 23.6. The number of nitrogens with one attached hydrogen (secondary N) is 2. The van der Waals surface area contributed by atoms with Crippen molar-refractivity contribution in [3.63, 3.8) is 0 Å². The Bertz CT molecular complexity index is 1080. The van der Waals surface area contributed by atoms with Gasteiger partial charge < -0.3 is 20.1 Å². The van der Waals surface area contributed by atoms with Gasteiger partial charge in [0, 0.05) is 11.4 Å². The minimum Gasteiger partial charge on any atom is -0.497 e. The van der Waals surface area contributed by atoms with Gasteiger partial charge in [-0.2, -0.15) is 0 Å². The van der Waals surface area contributed by atoms with Crippen LogP contribution in [0, 0.1) is 6.92 Å². The summed E-state index contributed by atoms with van der Waals surface area (Å²) in [5, 5.41) is 14.5. The quantitative estimate of drug-likeness (QED) is 0.347. The van der Waals surface area contributed by atoms with Gasteiger partial charge in [0.2, 0.25) is 0 Å². The topological polar surface area (TPSA) is 107 Å². The number of hydrogen-bond donors (Lipinski definition) is 2. The van der Waals surface area contributed by atoms with Gasteiger partial charge in [-0.1, -0.05) is 41.6 Å². The number of carbonyl (C=O) groups is 2. The molecule has 0 bridgehead atoms. The Morgan fingerprint density at radius 3 is 2.61 bits per heavy atom. The highest BCUT2D eigenvalue weighted by atomic mass is 32.2. The Kier molecular flexibility index (Phi) is 8.71. The van der Waals surface area contributed by atoms with Crippen LogP contribution in [0.25, 0.3) is 5.69 Å². The zero-order valence-electron chi connectivity index (χ0n) is 18.8. The second-order valence-electron chi connectivity index (χ2n) is 7.05. The molecule has 3 aromatic rings. The average Bonchev–Trinajstić information content (AvgIpc) is 3.23. The number of aryl methyl sites for hydroxylation is 1. The molecule has 174 valence electrons. The highest BCUT2D eigenvalue weighted by Gasteiger charge is 2.16. The molecule has 0 unspecified atom stereocenters. The molecule has 0 aliphatic heterocycles. The fraction of sp³-hybridized carbons (Fsp3) is 0.304. The van der Waals surface area contributed by atoms with E-state index in [1.54, 1.807) is 14.0 Å². The molecule has 2 amide bonds. The third kappa shape index (κ3) is 6.98. The van der Waals surface area contributed by atoms with Gasteiger partial charge in [-0.3, -0.25) is 9.36 Å². The van der Waals surface area contributed by atoms with Gasteiger partial charge in [0.1, 0.15) is 12.3 Å². The number of aromatic nitrogens is 3. The zero-order valence-corrected chi connectivity index (χ0v) is 19.6. The van der Waals surface area contributed by atoms with E-state index in [4.69, 9.17) is 9.47 Å². The Hall–Kier alpha value is -3.53. The molecule has 0 saturated carbocycles. The van der Waals surface area contributed by atoms with Crippen molar-refractivity contribution in [1.82, 2.24) is 25.4 Å². The smallest absolute Gasteiger partial charge is 0.325 e. The number of rotatable bonds is 10. The maximum absolute atomic E-state index is 12.1. The number of nitrogens with zero attached hydrogens (tertiary/aromatic N) is 3. The lowest BCUT2D eigenvalue weighted by atomic mass is 10.2. The van der Waals surface area contributed by atoms with Crippen LogP contribution in [0.3, 0.4) is 0 Å². The van der Waals surface area contributed by atoms with Crippen LogP contribution in [-0.2, 0) is 21.8 Å². The second kappa shape index (κ2) is 11.9. The van der Waals surface area contributed by atoms with E-state index in [0.717, 1.165) is 22.6 Å². The fourth-order valence-corrected chi connectivity index (χ4v) is 3.87. The van der Waals surface area contributed by atoms with Crippen LogP contribution in [0.1, 0.15) is 23.9 Å². The van der Waals surface area contributed by atoms with Crippen LogP contribution >= 0.6 is 11.8 Å². The van der Waals surface area contributed by atoms with Crippen molar-refractivity contribution in [1.29, 1.82) is 0 Å². The van der Waals surface area contributed by atoms with Crippen molar-refractivity contribution in [3.05, 3.63) is 65.5 Å². The monoisotopic (exact) mass is 469 g/mol. The molecule has 3 rings (SSSR count). The number of urea groups is 1. The summed E-state index contributed by atoms with van der Waals surface area (Å²) in [5.41, 5.74) is 3.12. The SMILES string of the molecule is CCOC(=O)CNC(=O)NCc1nnc(SCc2cccc(OC)c2)n1-c1ccc(C)cc1. The van der Waals surface area contributed by atoms with E-state index in [2.05, 4.69) is 20.8 Å². The summed E-state index contributed by atoms with van der Waals surface area (Å²) in [4.78, 5) is 23.5. The molecule has 2 aromatic carbocycles. The lowest BCUT2D eigenvalue weighted by Crippen LogP contribution is -2.39. The highest BCUT2D eigenvalue weighted by Crippen LogP contribution is 2.26. The molecule has 1 aromatic heterocycles. The minimum absolute atomic E-state index is 0.134. The van der Waals surface area contributed by atoms with E-state index < -0.39 is 12.0 Å². The Labute approximate surface area is 196 Å². The summed E-state index contributed by atoms with van der Waals surface area (Å²) >= 11 is 1.54. The molecule has 0 saturated heterocycles. The first-order chi connectivity index (χ1) is 16.0. The number of hydrogen-bond acceptors (Lipinski definition) is 7. The molecular formula is C23H27N5O4S. The van der Waals surface area contributed by atoms with Crippen molar-refractivity contribution in [2.24, 2.45) is 0 Å². The van der Waals surface area contributed by atoms with E-state index in [9.17, 15) is 9.59 Å². The summed E-state index contributed by atoms with van der Waals surface area (Å²) < 4.78 is 12.0. The summed E-state index contributed by atoms with van der Waals surface area (Å²) in [6.07, 6.45) is 0. The van der Waals surface area contributed by atoms with E-state index >= 15 is 0 Å². The standard InChI is InChI=1S/C23H27N5O4S/c1-4-32-21(29)14-25-22(30)24-13-20-26-27-23(28(20)18-10-8-16(2)9-11-18)33-15-17-6-5-7-19(12-17)31-3/h5-12H,4,13-15H2,1-3H3,(H2,24,25,30). The van der Waals surface area contributed by atoms with Gasteiger partial charge in [0.15, 0.2) is 11.0 Å². The Morgan fingerprint density at radius 2 is 1.88 bits per heavy atom. The van der Waals surface area contributed by atoms with Crippen molar-refractivity contribution < 1.29 is 19.1 Å². The molecule has 0 radical (unpaired) electrons. The van der Waals surface area contributed by atoms with Crippen molar-refractivity contribution in [3.8, 4) is 11.4 Å². The molecule has 0 aliphatic rings. The lowest BCUT2D eigenvalue weighted by molar-refractivity contribution is -0.141. The summed E-state index contributed by atoms with van der Waals surface area (Å²) in [6, 6.07) is 15.4. The molecule has 9 nitrogen and oxygen atoms in total. The second-order valence-corrected chi connectivity index (χ2v) is 7.99. The fourth-order valence-electron chi connectivity index (χ4n) is 2.96. The van der Waals surface area contributed by atoms with E-state index in [1.807, 2.05) is 60.0 Å². The molecule has 1 heterocycles. The number of amides is 2. The van der Waals surface area contributed by atoms with Gasteiger partial charge in [-0.15, -0.1) is 10.2 Å². The normalized spacial score (nSPS) is 10.5. The molecule has 0 atom stereocenters. The molecule has 33 heavy (non-hydrogen) atoms. The first kappa shape index (κ1) is 24.1. The van der Waals surface area contributed by atoms with E-state index in [0.29, 0.717) is 16.7 Å². The van der Waals surface area contributed by atoms with Gasteiger partial charge >= 0.3 is 12.0 Å². The van der Waals surface area contributed by atoms with Crippen LogP contribution in [0.4, 0.5) is 4.79 Å². The third-order valence-electron chi connectivity index (χ3n) is 4.60. The number of thioether (sulfide) groups is 1. The van der Waals surface area contributed by atoms with Crippen LogP contribution in [-0.4, -0.2) is 47.0 Å². The predicted octanol–water partition coefficient (Wildman–Crippen LogP) is 3.24. The minimum atomic E-state index is -0.494. The van der Waals surface area contributed by atoms with Crippen molar-refractivity contribution >= 4 is 23.8 Å². The first-order valence-electron chi connectivity index (χ1n) is 10.4. The van der Waals surface area contributed by atoms with Gasteiger partial charge in [0.05, 0.1) is 20.3 Å². The number of carbonyl (C=O) groups excluding carboxylic acids is 2. The average molecular weight is 470 g/mol. The molecule has 10 heteroatoms. The lowest BCUT2D eigenvalue weighted by Gasteiger charge is -2.12. The maximum Gasteiger partial charge on any atom is 0.325 e. The highest BCUT2D eigenvalue weighted by molar-refractivity contribution is 7.98. The number of esters is 1. The van der Waals surface area contributed by atoms with Gasteiger partial charge in [-0.25, -0.2) is 4.79 Å². The number of methoxy groups -OCH3 is 1. The largest absolute Gasteiger partial charge is 0.497 e. The Morgan fingerprint density at radius 1 is 1.09 bits per heavy atom. The van der Waals surface area contributed by atoms with E-state index in [1.165, 1.54) is 11.8 Å². The molecule has 0 aliphatic carbocycles. The van der Waals surface area contributed by atoms with Crippen molar-refractivity contribution in [2.45, 2.75) is 31.3 Å². The molecule has 0 fully saturated rings. The van der Waals surface area contributed by atoms with Crippen LogP contribution in [0.5, 0.6) is 5.75 Å². The van der Waals surface area contributed by atoms with Gasteiger partial charge in [-0.05, 0) is 43.7 Å². The first-order valence-corrected chi connectivity index (χ1v) is 11.4. The summed E-state index contributed by atoms with van der Waals surface area (Å²) in [7, 11) is 1.64. The van der Waals surface area contributed by atoms with E-state index in [-0.39, 0.29) is 19.7 Å². The Balaban J connectivity index is 1.73.